The molecule has 1 heterocycles. The second-order valence-corrected chi connectivity index (χ2v) is 7.65. The fourth-order valence-electron chi connectivity index (χ4n) is 2.79. The molecule has 0 radical (unpaired) electrons. The van der Waals surface area contributed by atoms with Gasteiger partial charge < -0.3 is 14.6 Å². The molecule has 0 aliphatic rings. The van der Waals surface area contributed by atoms with Crippen LogP contribution in [0.25, 0.3) is 12.2 Å². The van der Waals surface area contributed by atoms with Gasteiger partial charge in [0.25, 0.3) is 11.2 Å². The number of nitrogens with one attached hydrogen (secondary N) is 1. The lowest BCUT2D eigenvalue weighted by Crippen LogP contribution is -2.20. The van der Waals surface area contributed by atoms with Crippen LogP contribution in [0.1, 0.15) is 15.9 Å². The van der Waals surface area contributed by atoms with Crippen LogP contribution in [0.2, 0.25) is 0 Å². The first-order valence-corrected chi connectivity index (χ1v) is 9.67. The Bertz CT molecular complexity index is 1270. The molecular formula is C21H19N3O5S. The Balaban J connectivity index is 1.97. The topological polar surface area (TPSA) is 106 Å². The maximum atomic E-state index is 12.4. The number of thiazole rings is 1. The summed E-state index contributed by atoms with van der Waals surface area (Å²) >= 11 is 1.10. The lowest BCUT2D eigenvalue weighted by molar-refractivity contribution is -0.384. The molecule has 2 aromatic carbocycles. The molecule has 0 fully saturated rings. The van der Waals surface area contributed by atoms with Gasteiger partial charge in [-0.05, 0) is 42.0 Å². The SMILES string of the molecule is COc1ccc(C(=O)/C=c2/[nH]c(=O)/c(=C/c3ccc(N(C)C)c([N+](=O)[O-])c3)s2)cc1. The zero-order valence-corrected chi connectivity index (χ0v) is 17.4. The van der Waals surface area contributed by atoms with Crippen molar-refractivity contribution >= 4 is 40.6 Å². The molecule has 3 aromatic rings. The maximum absolute atomic E-state index is 12.4. The van der Waals surface area contributed by atoms with Crippen LogP contribution in [-0.2, 0) is 0 Å². The van der Waals surface area contributed by atoms with Gasteiger partial charge in [-0.15, -0.1) is 11.3 Å². The number of H-pyrrole nitrogens is 1. The standard InChI is InChI=1S/C21H19N3O5S/c1-23(2)16-9-4-13(10-17(16)24(27)28)11-19-21(26)22-20(30-19)12-18(25)14-5-7-15(29-3)8-6-14/h4-12H,1-3H3,(H,22,26)/b19-11-,20-12-. The third-order valence-corrected chi connectivity index (χ3v) is 5.26. The van der Waals surface area contributed by atoms with E-state index in [-0.39, 0.29) is 17.0 Å². The van der Waals surface area contributed by atoms with E-state index in [2.05, 4.69) is 4.98 Å². The van der Waals surface area contributed by atoms with Gasteiger partial charge in [0.2, 0.25) is 0 Å². The molecule has 9 heteroatoms. The van der Waals surface area contributed by atoms with E-state index in [0.29, 0.717) is 31.8 Å². The average molecular weight is 425 g/mol. The lowest BCUT2D eigenvalue weighted by Gasteiger charge is -2.12. The molecule has 0 unspecified atom stereocenters. The zero-order chi connectivity index (χ0) is 21.8. The molecule has 0 aliphatic heterocycles. The molecule has 8 nitrogen and oxygen atoms in total. The van der Waals surface area contributed by atoms with Crippen LogP contribution in [0.3, 0.4) is 0 Å². The van der Waals surface area contributed by atoms with E-state index in [1.807, 2.05) is 0 Å². The Hall–Kier alpha value is -3.72. The van der Waals surface area contributed by atoms with Crippen molar-refractivity contribution < 1.29 is 14.5 Å². The highest BCUT2D eigenvalue weighted by molar-refractivity contribution is 7.07. The fourth-order valence-corrected chi connectivity index (χ4v) is 3.67. The average Bonchev–Trinajstić information content (AvgIpc) is 3.06. The Kier molecular flexibility index (Phi) is 6.12. The normalized spacial score (nSPS) is 12.1. The van der Waals surface area contributed by atoms with Gasteiger partial charge in [0.15, 0.2) is 5.78 Å². The van der Waals surface area contributed by atoms with Gasteiger partial charge in [0.1, 0.15) is 11.4 Å². The van der Waals surface area contributed by atoms with E-state index in [9.17, 15) is 19.7 Å². The summed E-state index contributed by atoms with van der Waals surface area (Å²) in [5.41, 5.74) is 1.03. The number of methoxy groups -OCH3 is 1. The number of hydrogen-bond acceptors (Lipinski definition) is 7. The van der Waals surface area contributed by atoms with Crippen LogP contribution in [0.15, 0.2) is 47.3 Å². The molecule has 3 rings (SSSR count). The zero-order valence-electron chi connectivity index (χ0n) is 16.5. The van der Waals surface area contributed by atoms with Gasteiger partial charge in [-0.2, -0.15) is 0 Å². The Morgan fingerprint density at radius 1 is 1.20 bits per heavy atom. The van der Waals surface area contributed by atoms with Crippen molar-refractivity contribution in [3.8, 4) is 5.75 Å². The number of aromatic nitrogens is 1. The van der Waals surface area contributed by atoms with E-state index >= 15 is 0 Å². The molecule has 1 aromatic heterocycles. The van der Waals surface area contributed by atoms with Gasteiger partial charge in [0.05, 0.1) is 21.2 Å². The number of carbonyl (C=O) groups excluding carboxylic acids is 1. The van der Waals surface area contributed by atoms with E-state index in [4.69, 9.17) is 4.74 Å². The smallest absolute Gasteiger partial charge is 0.293 e. The summed E-state index contributed by atoms with van der Waals surface area (Å²) in [5, 5.41) is 11.3. The van der Waals surface area contributed by atoms with E-state index in [1.165, 1.54) is 12.1 Å². The number of anilines is 1. The van der Waals surface area contributed by atoms with Crippen LogP contribution in [0, 0.1) is 10.1 Å². The summed E-state index contributed by atoms with van der Waals surface area (Å²) < 4.78 is 5.81. The predicted molar refractivity (Wildman–Crippen MR) is 117 cm³/mol. The summed E-state index contributed by atoms with van der Waals surface area (Å²) in [4.78, 5) is 39.9. The molecule has 0 spiro atoms. The molecule has 0 saturated heterocycles. The molecule has 1 N–H and O–H groups in total. The van der Waals surface area contributed by atoms with Crippen molar-refractivity contribution in [1.82, 2.24) is 4.98 Å². The number of Topliss-reactive ketones (excluding diaryl/α,β-unsaturated/α-hetero) is 1. The highest BCUT2D eigenvalue weighted by Crippen LogP contribution is 2.27. The summed E-state index contributed by atoms with van der Waals surface area (Å²) in [7, 11) is 4.98. The Labute approximate surface area is 175 Å². The van der Waals surface area contributed by atoms with Gasteiger partial charge in [-0.25, -0.2) is 0 Å². The minimum absolute atomic E-state index is 0.0526. The molecule has 30 heavy (non-hydrogen) atoms. The van der Waals surface area contributed by atoms with Gasteiger partial charge in [0, 0.05) is 31.8 Å². The minimum atomic E-state index is -0.460. The van der Waals surface area contributed by atoms with Crippen molar-refractivity contribution in [3.63, 3.8) is 0 Å². The van der Waals surface area contributed by atoms with E-state index < -0.39 is 4.92 Å². The number of rotatable bonds is 6. The van der Waals surface area contributed by atoms with Crippen LogP contribution in [0.5, 0.6) is 5.75 Å². The van der Waals surface area contributed by atoms with E-state index in [1.54, 1.807) is 68.6 Å². The number of nitrogens with zero attached hydrogens (tertiary/aromatic N) is 2. The fraction of sp³-hybridized carbons (Fsp3) is 0.143. The highest BCUT2D eigenvalue weighted by atomic mass is 32.1. The van der Waals surface area contributed by atoms with Crippen molar-refractivity contribution in [2.24, 2.45) is 0 Å². The van der Waals surface area contributed by atoms with Gasteiger partial charge in [-0.1, -0.05) is 6.07 Å². The van der Waals surface area contributed by atoms with Crippen molar-refractivity contribution in [2.75, 3.05) is 26.1 Å². The van der Waals surface area contributed by atoms with Crippen LogP contribution in [-0.4, -0.2) is 36.9 Å². The second kappa shape index (κ2) is 8.75. The minimum Gasteiger partial charge on any atom is -0.497 e. The first-order chi connectivity index (χ1) is 14.3. The van der Waals surface area contributed by atoms with Crippen LogP contribution in [0.4, 0.5) is 11.4 Å². The predicted octanol–water partition coefficient (Wildman–Crippen LogP) is 1.91. The number of benzene rings is 2. The number of nitro benzene ring substituents is 1. The number of hydrogen-bond donors (Lipinski definition) is 1. The van der Waals surface area contributed by atoms with Crippen molar-refractivity contribution in [3.05, 3.63) is 83.3 Å². The van der Waals surface area contributed by atoms with Crippen LogP contribution < -0.4 is 24.4 Å². The van der Waals surface area contributed by atoms with Gasteiger partial charge in [-0.3, -0.25) is 19.7 Å². The summed E-state index contributed by atoms with van der Waals surface area (Å²) in [6.07, 6.45) is 2.91. The number of carbonyl (C=O) groups is 1. The molecule has 0 saturated carbocycles. The largest absolute Gasteiger partial charge is 0.497 e. The van der Waals surface area contributed by atoms with Gasteiger partial charge >= 0.3 is 0 Å². The third-order valence-electron chi connectivity index (χ3n) is 4.29. The number of aromatic amines is 1. The quantitative estimate of drug-likeness (QED) is 0.367. The van der Waals surface area contributed by atoms with Crippen LogP contribution >= 0.6 is 11.3 Å². The molecular weight excluding hydrogens is 406 g/mol. The second-order valence-electron chi connectivity index (χ2n) is 6.57. The summed E-state index contributed by atoms with van der Waals surface area (Å²) in [6.45, 7) is 0. The molecule has 0 atom stereocenters. The lowest BCUT2D eigenvalue weighted by atomic mass is 10.1. The monoisotopic (exact) mass is 425 g/mol. The first-order valence-electron chi connectivity index (χ1n) is 8.85. The number of nitro groups is 1. The molecule has 154 valence electrons. The molecule has 0 aliphatic carbocycles. The Morgan fingerprint density at radius 2 is 1.90 bits per heavy atom. The first kappa shape index (κ1) is 21.0. The highest BCUT2D eigenvalue weighted by Gasteiger charge is 2.15. The summed E-state index contributed by atoms with van der Waals surface area (Å²) in [5.74, 6) is 0.384. The summed E-state index contributed by atoms with van der Waals surface area (Å²) in [6, 6.07) is 11.4. The van der Waals surface area contributed by atoms with Crippen molar-refractivity contribution in [2.45, 2.75) is 0 Å². The van der Waals surface area contributed by atoms with Crippen molar-refractivity contribution in [1.29, 1.82) is 0 Å². The number of ether oxygens (including phenoxy) is 1. The maximum Gasteiger partial charge on any atom is 0.293 e. The number of ketones is 1. The molecule has 0 bridgehead atoms. The Morgan fingerprint density at radius 3 is 2.50 bits per heavy atom. The molecule has 0 amide bonds. The third kappa shape index (κ3) is 4.64. The van der Waals surface area contributed by atoms with E-state index in [0.717, 1.165) is 11.3 Å².